The van der Waals surface area contributed by atoms with E-state index in [1.807, 2.05) is 31.4 Å². The summed E-state index contributed by atoms with van der Waals surface area (Å²) >= 11 is 0. The summed E-state index contributed by atoms with van der Waals surface area (Å²) in [6, 6.07) is 8.78. The largest absolute Gasteiger partial charge is 0.494 e. The molecule has 33 heavy (non-hydrogen) atoms. The molecule has 168 valence electrons. The van der Waals surface area contributed by atoms with Crippen LogP contribution in [0.1, 0.15) is 15.9 Å². The number of halogens is 1. The number of nitrogens with zero attached hydrogens (tertiary/aromatic N) is 4. The highest BCUT2D eigenvalue weighted by molar-refractivity contribution is 6.00. The van der Waals surface area contributed by atoms with Gasteiger partial charge in [-0.05, 0) is 24.6 Å². The van der Waals surface area contributed by atoms with Crippen LogP contribution in [-0.2, 0) is 7.05 Å². The lowest BCUT2D eigenvalue weighted by Crippen LogP contribution is -2.14. The van der Waals surface area contributed by atoms with Gasteiger partial charge in [0.05, 0.1) is 36.4 Å². The minimum absolute atomic E-state index is 0.192. The standard InChI is InChI=1S/C23H22FN7O2/c1-13-7-20(27-11-17(13)24)30-21-8-19(16(10-26-21)23(25)32)29-18-6-4-5-15(22(18)33-3)14-9-28-31(2)12-14/h4-12H,1-3H3,(H2,25,32)(H2,26,27,29,30). The number of ether oxygens (including phenoxy) is 1. The van der Waals surface area contributed by atoms with E-state index < -0.39 is 11.7 Å². The molecule has 0 aliphatic heterocycles. The second kappa shape index (κ2) is 8.95. The minimum Gasteiger partial charge on any atom is -0.494 e. The third-order valence-electron chi connectivity index (χ3n) is 4.98. The normalized spacial score (nSPS) is 10.7. The number of carbonyl (C=O) groups is 1. The average molecular weight is 447 g/mol. The van der Waals surface area contributed by atoms with Crippen LogP contribution in [0.2, 0.25) is 0 Å². The van der Waals surface area contributed by atoms with E-state index >= 15 is 0 Å². The van der Waals surface area contributed by atoms with E-state index in [4.69, 9.17) is 10.5 Å². The SMILES string of the molecule is COc1c(Nc2cc(Nc3cc(C)c(F)cn3)ncc2C(N)=O)cccc1-c1cnn(C)c1. The molecule has 0 spiro atoms. The van der Waals surface area contributed by atoms with Crippen molar-refractivity contribution in [3.8, 4) is 16.9 Å². The predicted octanol–water partition coefficient (Wildman–Crippen LogP) is 3.92. The first-order valence-corrected chi connectivity index (χ1v) is 9.97. The summed E-state index contributed by atoms with van der Waals surface area (Å²) in [6.07, 6.45) is 6.11. The van der Waals surface area contributed by atoms with Gasteiger partial charge in [0.1, 0.15) is 23.2 Å². The van der Waals surface area contributed by atoms with Crippen molar-refractivity contribution < 1.29 is 13.9 Å². The van der Waals surface area contributed by atoms with Crippen LogP contribution in [0.15, 0.2) is 55.1 Å². The lowest BCUT2D eigenvalue weighted by molar-refractivity contribution is 0.100. The molecule has 0 atom stereocenters. The van der Waals surface area contributed by atoms with Crippen molar-refractivity contribution >= 4 is 28.9 Å². The number of pyridine rings is 2. The Balaban J connectivity index is 1.71. The Kier molecular flexibility index (Phi) is 5.90. The molecule has 0 fully saturated rings. The highest BCUT2D eigenvalue weighted by Gasteiger charge is 2.16. The number of anilines is 4. The van der Waals surface area contributed by atoms with Gasteiger partial charge < -0.3 is 21.1 Å². The summed E-state index contributed by atoms with van der Waals surface area (Å²) in [5.41, 5.74) is 8.94. The van der Waals surface area contributed by atoms with E-state index in [9.17, 15) is 9.18 Å². The van der Waals surface area contributed by atoms with Crippen molar-refractivity contribution in [3.05, 3.63) is 72.1 Å². The van der Waals surface area contributed by atoms with Crippen LogP contribution in [0.4, 0.5) is 27.4 Å². The van der Waals surface area contributed by atoms with E-state index in [0.29, 0.717) is 34.3 Å². The van der Waals surface area contributed by atoms with Gasteiger partial charge in [-0.1, -0.05) is 12.1 Å². The Bertz CT molecular complexity index is 1340. The van der Waals surface area contributed by atoms with Gasteiger partial charge >= 0.3 is 0 Å². The molecule has 1 aromatic carbocycles. The van der Waals surface area contributed by atoms with E-state index in [1.165, 1.54) is 6.20 Å². The maximum atomic E-state index is 13.5. The number of primary amides is 1. The number of para-hydroxylation sites is 1. The number of carbonyl (C=O) groups excluding carboxylic acids is 1. The van der Waals surface area contributed by atoms with Crippen LogP contribution in [0, 0.1) is 12.7 Å². The first kappa shape index (κ1) is 21.8. The van der Waals surface area contributed by atoms with E-state index in [2.05, 4.69) is 25.7 Å². The van der Waals surface area contributed by atoms with Gasteiger partial charge in [0.2, 0.25) is 0 Å². The van der Waals surface area contributed by atoms with Crippen LogP contribution in [0.25, 0.3) is 11.1 Å². The molecule has 4 aromatic rings. The van der Waals surface area contributed by atoms with Gasteiger partial charge in [0, 0.05) is 36.6 Å². The van der Waals surface area contributed by atoms with Crippen LogP contribution in [-0.4, -0.2) is 32.8 Å². The maximum Gasteiger partial charge on any atom is 0.252 e. The molecule has 0 aliphatic carbocycles. The number of benzene rings is 1. The molecular weight excluding hydrogens is 425 g/mol. The number of hydrogen-bond acceptors (Lipinski definition) is 7. The smallest absolute Gasteiger partial charge is 0.252 e. The Morgan fingerprint density at radius 1 is 1.09 bits per heavy atom. The molecule has 0 radical (unpaired) electrons. The van der Waals surface area contributed by atoms with Crippen molar-refractivity contribution in [3.63, 3.8) is 0 Å². The Hall–Kier alpha value is -4.47. The maximum absolute atomic E-state index is 13.5. The number of aryl methyl sites for hydroxylation is 2. The number of amides is 1. The third-order valence-corrected chi connectivity index (χ3v) is 4.98. The van der Waals surface area contributed by atoms with Crippen molar-refractivity contribution in [2.45, 2.75) is 6.92 Å². The van der Waals surface area contributed by atoms with Gasteiger partial charge in [0.25, 0.3) is 5.91 Å². The minimum atomic E-state index is -0.644. The number of nitrogens with one attached hydrogen (secondary N) is 2. The van der Waals surface area contributed by atoms with Crippen LogP contribution < -0.4 is 21.1 Å². The Morgan fingerprint density at radius 3 is 2.52 bits per heavy atom. The molecule has 4 N–H and O–H groups in total. The van der Waals surface area contributed by atoms with Gasteiger partial charge in [-0.2, -0.15) is 5.10 Å². The van der Waals surface area contributed by atoms with Gasteiger partial charge in [-0.25, -0.2) is 14.4 Å². The van der Waals surface area contributed by atoms with Crippen molar-refractivity contribution in [1.82, 2.24) is 19.7 Å². The number of methoxy groups -OCH3 is 1. The van der Waals surface area contributed by atoms with Crippen molar-refractivity contribution in [2.75, 3.05) is 17.7 Å². The van der Waals surface area contributed by atoms with Crippen LogP contribution in [0.3, 0.4) is 0 Å². The van der Waals surface area contributed by atoms with Crippen molar-refractivity contribution in [1.29, 1.82) is 0 Å². The highest BCUT2D eigenvalue weighted by Crippen LogP contribution is 2.38. The summed E-state index contributed by atoms with van der Waals surface area (Å²) in [7, 11) is 3.40. The third kappa shape index (κ3) is 4.59. The van der Waals surface area contributed by atoms with E-state index in [0.717, 1.165) is 17.3 Å². The average Bonchev–Trinajstić information content (AvgIpc) is 3.22. The molecule has 0 saturated carbocycles. The summed E-state index contributed by atoms with van der Waals surface area (Å²) in [5.74, 6) is 0.331. The van der Waals surface area contributed by atoms with E-state index in [-0.39, 0.29) is 5.56 Å². The fourth-order valence-electron chi connectivity index (χ4n) is 3.35. The molecule has 0 bridgehead atoms. The number of nitrogens with two attached hydrogens (primary N) is 1. The fraction of sp³-hybridized carbons (Fsp3) is 0.130. The summed E-state index contributed by atoms with van der Waals surface area (Å²) in [5, 5.41) is 10.4. The molecule has 3 heterocycles. The molecule has 0 unspecified atom stereocenters. The monoisotopic (exact) mass is 447 g/mol. The zero-order valence-corrected chi connectivity index (χ0v) is 18.3. The van der Waals surface area contributed by atoms with Crippen molar-refractivity contribution in [2.24, 2.45) is 12.8 Å². The fourth-order valence-corrected chi connectivity index (χ4v) is 3.35. The first-order valence-electron chi connectivity index (χ1n) is 9.97. The molecular formula is C23H22FN7O2. The zero-order chi connectivity index (χ0) is 23.5. The molecule has 9 nitrogen and oxygen atoms in total. The van der Waals surface area contributed by atoms with Crippen LogP contribution >= 0.6 is 0 Å². The van der Waals surface area contributed by atoms with Crippen LogP contribution in [0.5, 0.6) is 5.75 Å². The summed E-state index contributed by atoms with van der Waals surface area (Å²) < 4.78 is 20.9. The Morgan fingerprint density at radius 2 is 1.85 bits per heavy atom. The molecule has 3 aromatic heterocycles. The molecule has 0 saturated heterocycles. The number of hydrogen-bond donors (Lipinski definition) is 3. The first-order chi connectivity index (χ1) is 15.9. The number of aromatic nitrogens is 4. The predicted molar refractivity (Wildman–Crippen MR) is 123 cm³/mol. The lowest BCUT2D eigenvalue weighted by Gasteiger charge is -2.17. The molecule has 1 amide bonds. The zero-order valence-electron chi connectivity index (χ0n) is 18.3. The lowest BCUT2D eigenvalue weighted by atomic mass is 10.1. The topological polar surface area (TPSA) is 120 Å². The highest BCUT2D eigenvalue weighted by atomic mass is 19.1. The second-order valence-corrected chi connectivity index (χ2v) is 7.34. The second-order valence-electron chi connectivity index (χ2n) is 7.34. The number of rotatable bonds is 7. The quantitative estimate of drug-likeness (QED) is 0.393. The van der Waals surface area contributed by atoms with E-state index in [1.54, 1.807) is 37.0 Å². The van der Waals surface area contributed by atoms with Gasteiger partial charge in [-0.3, -0.25) is 9.48 Å². The molecule has 10 heteroatoms. The Labute approximate surface area is 189 Å². The molecule has 0 aliphatic rings. The van der Waals surface area contributed by atoms with Gasteiger partial charge in [0.15, 0.2) is 0 Å². The molecule has 4 rings (SSSR count). The summed E-state index contributed by atoms with van der Waals surface area (Å²) in [6.45, 7) is 1.64. The van der Waals surface area contributed by atoms with Gasteiger partial charge in [-0.15, -0.1) is 0 Å². The summed E-state index contributed by atoms with van der Waals surface area (Å²) in [4.78, 5) is 20.3.